The zero-order valence-corrected chi connectivity index (χ0v) is 45.7. The molecule has 382 valence electrons. The molecule has 0 spiro atoms. The van der Waals surface area contributed by atoms with E-state index >= 15 is 8.78 Å². The molecular weight excluding hydrogens is 984 g/mol. The fourth-order valence-electron chi connectivity index (χ4n) is 7.37. The predicted molar refractivity (Wildman–Crippen MR) is 261 cm³/mol. The van der Waals surface area contributed by atoms with Crippen LogP contribution >= 0.6 is 0 Å². The number of carbonyl (C=O) groups excluding carboxylic acids is 2. The first-order valence-corrected chi connectivity index (χ1v) is 23.2. The van der Waals surface area contributed by atoms with Crippen LogP contribution in [0.2, 0.25) is 0 Å². The summed E-state index contributed by atoms with van der Waals surface area (Å²) in [5.74, 6) is 2.68. The molecule has 8 aromatic rings. The van der Waals surface area contributed by atoms with Gasteiger partial charge in [0.25, 0.3) is 5.89 Å². The molecule has 2 aliphatic carbocycles. The number of aryl methyl sites for hydroxylation is 3. The van der Waals surface area contributed by atoms with Crippen molar-refractivity contribution < 1.29 is 84.3 Å². The third kappa shape index (κ3) is 14.2. The summed E-state index contributed by atoms with van der Waals surface area (Å²) in [6.07, 6.45) is 12.2. The molecule has 0 radical (unpaired) electrons. The minimum Gasteiger partial charge on any atom is -0.870 e. The van der Waals surface area contributed by atoms with Crippen LogP contribution < -0.4 is 67.8 Å². The standard InChI is InChI=1S/C25H27FN8O2.C17H18FN7.C7H9N2O2.K.H2O/c1-25(2,3)23-31-22(36-33-23)17(35)10-8-15-7-9-16(20(26)19(15)14-5-6-14)21-27-13-28-24(30-21)29-18-11-12-34(4)32-18;1-25-7-6-13(24-25)22-17-21-9-20-16(23-17)12-5-4-11(8-19)14(15(12)18)10-2-3-10;1-7(2,3)6-8-5(4-10)11-9-6;;/h7,9,11-14H,5-6,8,10H2,1-4H3,(H,27,28,29,30,32);4-7,9-10H,2-3,8,19H2,1H3,(H,20,21,22,23,24);1-3H3;;1H2/q;;-1;+1;/p-1. The molecule has 0 saturated heterocycles. The molecule has 6 heterocycles. The number of halogens is 2. The van der Waals surface area contributed by atoms with Gasteiger partial charge in [-0.2, -0.15) is 31.4 Å². The van der Waals surface area contributed by atoms with Crippen molar-refractivity contribution >= 4 is 35.6 Å². The molecule has 2 fully saturated rings. The molecule has 10 rings (SSSR count). The number of Topliss-reactive ketones (excluding diaryl/α,β-unsaturated/α-hetero) is 1. The smallest absolute Gasteiger partial charge is 0.870 e. The number of hydrogen-bond donors (Lipinski definition) is 3. The number of ketones is 1. The van der Waals surface area contributed by atoms with Crippen LogP contribution in [0.25, 0.3) is 22.8 Å². The number of carbonyl (C=O) groups is 1. The summed E-state index contributed by atoms with van der Waals surface area (Å²) < 4.78 is 43.9. The third-order valence-corrected chi connectivity index (χ3v) is 11.4. The van der Waals surface area contributed by atoms with Crippen molar-refractivity contribution in [1.82, 2.24) is 69.7 Å². The van der Waals surface area contributed by atoms with Crippen LogP contribution in [0, 0.1) is 11.6 Å². The van der Waals surface area contributed by atoms with Gasteiger partial charge in [0.1, 0.15) is 30.2 Å². The fourth-order valence-corrected chi connectivity index (χ4v) is 7.37. The summed E-state index contributed by atoms with van der Waals surface area (Å²) in [5.41, 5.74) is 8.90. The van der Waals surface area contributed by atoms with E-state index in [0.29, 0.717) is 64.5 Å². The van der Waals surface area contributed by atoms with E-state index < -0.39 is 0 Å². The molecule has 2 saturated carbocycles. The summed E-state index contributed by atoms with van der Waals surface area (Å²) in [5, 5.41) is 22.0. The van der Waals surface area contributed by atoms with Crippen molar-refractivity contribution in [3.05, 3.63) is 119 Å². The quantitative estimate of drug-likeness (QED) is 0.0757. The molecule has 6 aromatic heterocycles. The SMILES string of the molecule is CC(C)(C)c1noc([C-]=O)n1.Cn1ccc(Nc2ncnc(-c3ccc(CCC(=O)c4nc(C(C)(C)C)no4)c(C4CC4)c3F)n2)n1.Cn1ccc(Nc2ncnc(-c3ccc(CN)c(C4CC4)c3F)n2)n1.[K+].[OH-]. The minimum absolute atomic E-state index is 0. The second-order valence-corrected chi connectivity index (χ2v) is 19.4. The molecule has 2 aromatic carbocycles. The first-order chi connectivity index (χ1) is 34.4. The molecule has 22 nitrogen and oxygen atoms in total. The van der Waals surface area contributed by atoms with E-state index in [4.69, 9.17) is 10.3 Å². The number of hydrogen-bond acceptors (Lipinski definition) is 20. The summed E-state index contributed by atoms with van der Waals surface area (Å²) in [4.78, 5) is 56.0. The Bertz CT molecular complexity index is 3210. The number of benzene rings is 2. The normalized spacial score (nSPS) is 13.1. The average molecular weight is 1040 g/mol. The van der Waals surface area contributed by atoms with Crippen LogP contribution in [0.5, 0.6) is 0 Å². The maximum atomic E-state index is 15.8. The van der Waals surface area contributed by atoms with Crippen LogP contribution in [0.4, 0.5) is 32.3 Å². The van der Waals surface area contributed by atoms with Crippen molar-refractivity contribution in [3.63, 3.8) is 0 Å². The summed E-state index contributed by atoms with van der Waals surface area (Å²) in [6.45, 7) is 12.0. The van der Waals surface area contributed by atoms with Gasteiger partial charge < -0.3 is 35.7 Å². The average Bonchev–Trinajstić information content (AvgIpc) is 4.11. The van der Waals surface area contributed by atoms with Gasteiger partial charge in [0.15, 0.2) is 34.9 Å². The molecule has 25 heteroatoms. The molecule has 0 unspecified atom stereocenters. The maximum absolute atomic E-state index is 15.8. The summed E-state index contributed by atoms with van der Waals surface area (Å²) in [7, 11) is 3.62. The zero-order chi connectivity index (χ0) is 51.3. The van der Waals surface area contributed by atoms with Crippen LogP contribution in [-0.4, -0.2) is 87.3 Å². The van der Waals surface area contributed by atoms with E-state index in [1.165, 1.54) is 18.9 Å². The van der Waals surface area contributed by atoms with E-state index in [9.17, 15) is 9.59 Å². The number of aromatic nitrogens is 14. The Morgan fingerprint density at radius 3 is 1.58 bits per heavy atom. The number of nitrogens with one attached hydrogen (secondary N) is 2. The Labute approximate surface area is 467 Å². The Balaban J connectivity index is 0.000000203. The van der Waals surface area contributed by atoms with Gasteiger partial charge >= 0.3 is 51.4 Å². The zero-order valence-electron chi connectivity index (χ0n) is 42.6. The van der Waals surface area contributed by atoms with Gasteiger partial charge in [0.2, 0.25) is 17.7 Å². The molecule has 0 bridgehead atoms. The second kappa shape index (κ2) is 24.2. The largest absolute Gasteiger partial charge is 1.00 e. The van der Waals surface area contributed by atoms with Crippen molar-refractivity contribution in [2.75, 3.05) is 10.6 Å². The fraction of sp³-hybridized carbons (Fsp3) is 0.388. The topological polar surface area (TPSA) is 305 Å². The first kappa shape index (κ1) is 56.8. The van der Waals surface area contributed by atoms with Gasteiger partial charge in [0, 0.05) is 62.4 Å². The maximum Gasteiger partial charge on any atom is 1.00 e. The molecular formula is C49H55F2KN17O5-. The summed E-state index contributed by atoms with van der Waals surface area (Å²) >= 11 is 0. The van der Waals surface area contributed by atoms with E-state index in [-0.39, 0.29) is 133 Å². The van der Waals surface area contributed by atoms with Crippen LogP contribution in [0.1, 0.15) is 136 Å². The van der Waals surface area contributed by atoms with Gasteiger partial charge in [-0.25, -0.2) is 33.7 Å². The van der Waals surface area contributed by atoms with Crippen LogP contribution in [0.15, 0.2) is 70.5 Å². The van der Waals surface area contributed by atoms with E-state index in [0.717, 1.165) is 36.8 Å². The first-order valence-electron chi connectivity index (χ1n) is 23.2. The molecule has 2 aliphatic rings. The van der Waals surface area contributed by atoms with Crippen molar-refractivity contribution in [1.29, 1.82) is 0 Å². The molecule has 74 heavy (non-hydrogen) atoms. The van der Waals surface area contributed by atoms with Gasteiger partial charge in [0.05, 0.1) is 11.1 Å². The number of rotatable bonds is 14. The van der Waals surface area contributed by atoms with E-state index in [1.54, 1.807) is 53.1 Å². The number of anilines is 4. The van der Waals surface area contributed by atoms with Crippen molar-refractivity contribution in [2.45, 2.75) is 109 Å². The predicted octanol–water partition coefficient (Wildman–Crippen LogP) is 4.67. The minimum atomic E-state index is -0.356. The Kier molecular flexibility index (Phi) is 18.6. The van der Waals surface area contributed by atoms with Crippen LogP contribution in [0.3, 0.4) is 0 Å². The van der Waals surface area contributed by atoms with Gasteiger partial charge in [-0.15, -0.1) is 0 Å². The Morgan fingerprint density at radius 2 is 1.18 bits per heavy atom. The van der Waals surface area contributed by atoms with Crippen molar-refractivity contribution in [3.8, 4) is 22.8 Å². The van der Waals surface area contributed by atoms with Crippen LogP contribution in [-0.2, 0) is 42.7 Å². The number of nitrogens with two attached hydrogens (primary N) is 1. The molecule has 5 N–H and O–H groups in total. The van der Waals surface area contributed by atoms with Gasteiger partial charge in [-0.05, 0) is 78.3 Å². The van der Waals surface area contributed by atoms with Gasteiger partial charge in [-0.3, -0.25) is 14.2 Å². The van der Waals surface area contributed by atoms with E-state index in [1.807, 2.05) is 60.7 Å². The van der Waals surface area contributed by atoms with Crippen molar-refractivity contribution in [2.24, 2.45) is 19.8 Å². The molecule has 0 amide bonds. The Hall–Kier alpha value is -6.48. The second-order valence-electron chi connectivity index (χ2n) is 19.4. The third-order valence-electron chi connectivity index (χ3n) is 11.4. The van der Waals surface area contributed by atoms with Gasteiger partial charge in [-0.1, -0.05) is 64.0 Å². The Morgan fingerprint density at radius 1 is 0.703 bits per heavy atom. The molecule has 0 atom stereocenters. The monoisotopic (exact) mass is 1040 g/mol. The van der Waals surface area contributed by atoms with E-state index in [2.05, 4.69) is 75.5 Å². The molecule has 0 aliphatic heterocycles. The summed E-state index contributed by atoms with van der Waals surface area (Å²) in [6, 6.07) is 10.6. The number of nitrogens with zero attached hydrogens (tertiary/aromatic N) is 14.